The van der Waals surface area contributed by atoms with Gasteiger partial charge in [0.2, 0.25) is 0 Å². The fourth-order valence-electron chi connectivity index (χ4n) is 2.45. The SMILES string of the molecule is CC(C(=O)c1ccc(Cl)cc1)N(C)C1CCS(=O)(=O)C1. The number of halogens is 1. The van der Waals surface area contributed by atoms with Gasteiger partial charge in [0, 0.05) is 16.6 Å². The van der Waals surface area contributed by atoms with Crippen molar-refractivity contribution >= 4 is 27.2 Å². The summed E-state index contributed by atoms with van der Waals surface area (Å²) in [5, 5.41) is 0.587. The van der Waals surface area contributed by atoms with Crippen LogP contribution in [0, 0.1) is 0 Å². The second kappa shape index (κ2) is 5.84. The van der Waals surface area contributed by atoms with E-state index in [4.69, 9.17) is 11.6 Å². The van der Waals surface area contributed by atoms with Crippen LogP contribution in [0.3, 0.4) is 0 Å². The summed E-state index contributed by atoms with van der Waals surface area (Å²) < 4.78 is 23.0. The Hall–Kier alpha value is -0.910. The highest BCUT2D eigenvalue weighted by Crippen LogP contribution is 2.20. The summed E-state index contributed by atoms with van der Waals surface area (Å²) in [6, 6.07) is 6.32. The highest BCUT2D eigenvalue weighted by Gasteiger charge is 2.34. The molecule has 1 saturated heterocycles. The van der Waals surface area contributed by atoms with Crippen LogP contribution in [-0.2, 0) is 9.84 Å². The number of ketones is 1. The van der Waals surface area contributed by atoms with Gasteiger partial charge >= 0.3 is 0 Å². The third kappa shape index (κ3) is 3.40. The molecule has 2 atom stereocenters. The predicted molar refractivity (Wildman–Crippen MR) is 80.1 cm³/mol. The van der Waals surface area contributed by atoms with Crippen LogP contribution in [0.4, 0.5) is 0 Å². The van der Waals surface area contributed by atoms with Gasteiger partial charge in [0.05, 0.1) is 17.5 Å². The second-order valence-electron chi connectivity index (χ2n) is 5.27. The molecule has 6 heteroatoms. The smallest absolute Gasteiger partial charge is 0.179 e. The average Bonchev–Trinajstić information content (AvgIpc) is 2.77. The lowest BCUT2D eigenvalue weighted by Crippen LogP contribution is -2.43. The number of sulfone groups is 1. The third-order valence-corrected chi connectivity index (χ3v) is 5.91. The summed E-state index contributed by atoms with van der Waals surface area (Å²) in [6.07, 6.45) is 0.594. The molecule has 1 aliphatic heterocycles. The van der Waals surface area contributed by atoms with Gasteiger partial charge in [-0.3, -0.25) is 9.69 Å². The summed E-state index contributed by atoms with van der Waals surface area (Å²) >= 11 is 5.81. The monoisotopic (exact) mass is 315 g/mol. The molecule has 0 N–H and O–H groups in total. The Morgan fingerprint density at radius 1 is 1.35 bits per heavy atom. The molecule has 0 bridgehead atoms. The minimum Gasteiger partial charge on any atom is -0.293 e. The van der Waals surface area contributed by atoms with E-state index in [9.17, 15) is 13.2 Å². The van der Waals surface area contributed by atoms with Crippen molar-refractivity contribution in [3.63, 3.8) is 0 Å². The maximum absolute atomic E-state index is 12.4. The molecule has 2 unspecified atom stereocenters. The molecule has 0 amide bonds. The van der Waals surface area contributed by atoms with Crippen molar-refractivity contribution < 1.29 is 13.2 Å². The van der Waals surface area contributed by atoms with Crippen LogP contribution in [0.15, 0.2) is 24.3 Å². The number of benzene rings is 1. The van der Waals surface area contributed by atoms with Gasteiger partial charge in [0.1, 0.15) is 0 Å². The van der Waals surface area contributed by atoms with Gasteiger partial charge < -0.3 is 0 Å². The number of hydrogen-bond acceptors (Lipinski definition) is 4. The summed E-state index contributed by atoms with van der Waals surface area (Å²) in [6.45, 7) is 1.81. The molecular weight excluding hydrogens is 298 g/mol. The first kappa shape index (κ1) is 15.5. The molecule has 1 fully saturated rings. The number of nitrogens with zero attached hydrogens (tertiary/aromatic N) is 1. The van der Waals surface area contributed by atoms with Crippen molar-refractivity contribution in [2.24, 2.45) is 0 Å². The van der Waals surface area contributed by atoms with Gasteiger partial charge in [-0.25, -0.2) is 8.42 Å². The standard InChI is InChI=1S/C14H18ClNO3S/c1-10(14(17)11-3-5-12(15)6-4-11)16(2)13-7-8-20(18,19)9-13/h3-6,10,13H,7-9H2,1-2H3. The highest BCUT2D eigenvalue weighted by atomic mass is 35.5. The highest BCUT2D eigenvalue weighted by molar-refractivity contribution is 7.91. The van der Waals surface area contributed by atoms with Crippen molar-refractivity contribution in [1.29, 1.82) is 0 Å². The minimum absolute atomic E-state index is 0.0199. The molecule has 2 rings (SSSR count). The largest absolute Gasteiger partial charge is 0.293 e. The van der Waals surface area contributed by atoms with Crippen molar-refractivity contribution in [3.05, 3.63) is 34.9 Å². The Kier molecular flexibility index (Phi) is 4.52. The number of hydrogen-bond donors (Lipinski definition) is 0. The zero-order valence-electron chi connectivity index (χ0n) is 11.5. The molecule has 0 aliphatic carbocycles. The van der Waals surface area contributed by atoms with Gasteiger partial charge in [-0.05, 0) is 44.7 Å². The van der Waals surface area contributed by atoms with E-state index in [-0.39, 0.29) is 29.4 Å². The number of carbonyl (C=O) groups excluding carboxylic acids is 1. The maximum atomic E-state index is 12.4. The van der Waals surface area contributed by atoms with E-state index < -0.39 is 9.84 Å². The normalized spacial score (nSPS) is 22.9. The molecule has 0 radical (unpaired) electrons. The van der Waals surface area contributed by atoms with Crippen molar-refractivity contribution in [2.75, 3.05) is 18.6 Å². The molecule has 20 heavy (non-hydrogen) atoms. The van der Waals surface area contributed by atoms with Crippen LogP contribution in [0.2, 0.25) is 5.02 Å². The van der Waals surface area contributed by atoms with E-state index in [0.717, 1.165) is 0 Å². The Morgan fingerprint density at radius 3 is 2.45 bits per heavy atom. The number of likely N-dealkylation sites (N-methyl/N-ethyl adjacent to an activating group) is 1. The number of rotatable bonds is 4. The first-order chi connectivity index (χ1) is 9.30. The molecule has 0 saturated carbocycles. The Labute approximate surface area is 124 Å². The Bertz CT molecular complexity index is 597. The summed E-state index contributed by atoms with van der Waals surface area (Å²) in [4.78, 5) is 14.2. The van der Waals surface area contributed by atoms with Gasteiger partial charge in [0.25, 0.3) is 0 Å². The number of carbonyl (C=O) groups is 1. The van der Waals surface area contributed by atoms with E-state index in [0.29, 0.717) is 17.0 Å². The van der Waals surface area contributed by atoms with Crippen LogP contribution in [0.1, 0.15) is 23.7 Å². The topological polar surface area (TPSA) is 54.5 Å². The molecule has 1 aromatic rings. The van der Waals surface area contributed by atoms with Gasteiger partial charge in [0.15, 0.2) is 15.6 Å². The molecule has 110 valence electrons. The van der Waals surface area contributed by atoms with Gasteiger partial charge in [-0.15, -0.1) is 0 Å². The fraction of sp³-hybridized carbons (Fsp3) is 0.500. The third-order valence-electron chi connectivity index (χ3n) is 3.90. The van der Waals surface area contributed by atoms with Crippen LogP contribution in [-0.4, -0.2) is 49.7 Å². The molecule has 4 nitrogen and oxygen atoms in total. The van der Waals surface area contributed by atoms with Gasteiger partial charge in [-0.2, -0.15) is 0 Å². The first-order valence-corrected chi connectivity index (χ1v) is 8.72. The lowest BCUT2D eigenvalue weighted by atomic mass is 10.0. The first-order valence-electron chi connectivity index (χ1n) is 6.52. The van der Waals surface area contributed by atoms with Crippen LogP contribution in [0.5, 0.6) is 0 Å². The van der Waals surface area contributed by atoms with E-state index in [1.807, 2.05) is 18.9 Å². The molecule has 1 aromatic carbocycles. The Morgan fingerprint density at radius 2 is 1.95 bits per heavy atom. The molecule has 0 aromatic heterocycles. The van der Waals surface area contributed by atoms with Crippen molar-refractivity contribution in [1.82, 2.24) is 4.90 Å². The average molecular weight is 316 g/mol. The van der Waals surface area contributed by atoms with E-state index >= 15 is 0 Å². The van der Waals surface area contributed by atoms with Crippen LogP contribution >= 0.6 is 11.6 Å². The maximum Gasteiger partial charge on any atom is 0.179 e. The van der Waals surface area contributed by atoms with Crippen molar-refractivity contribution in [2.45, 2.75) is 25.4 Å². The molecular formula is C14H18ClNO3S. The Balaban J connectivity index is 2.08. The lowest BCUT2D eigenvalue weighted by Gasteiger charge is -2.28. The van der Waals surface area contributed by atoms with E-state index in [1.165, 1.54) is 0 Å². The van der Waals surface area contributed by atoms with Crippen molar-refractivity contribution in [3.8, 4) is 0 Å². The van der Waals surface area contributed by atoms with Crippen LogP contribution < -0.4 is 0 Å². The van der Waals surface area contributed by atoms with E-state index in [2.05, 4.69) is 0 Å². The second-order valence-corrected chi connectivity index (χ2v) is 7.93. The van der Waals surface area contributed by atoms with Crippen LogP contribution in [0.25, 0.3) is 0 Å². The molecule has 0 spiro atoms. The summed E-state index contributed by atoms with van der Waals surface area (Å²) in [7, 11) is -1.13. The minimum atomic E-state index is -2.94. The van der Waals surface area contributed by atoms with Gasteiger partial charge in [-0.1, -0.05) is 11.6 Å². The lowest BCUT2D eigenvalue weighted by molar-refractivity contribution is 0.0830. The molecule has 1 heterocycles. The zero-order chi connectivity index (χ0) is 14.9. The zero-order valence-corrected chi connectivity index (χ0v) is 13.1. The van der Waals surface area contributed by atoms with E-state index in [1.54, 1.807) is 24.3 Å². The number of Topliss-reactive ketones (excluding diaryl/α,β-unsaturated/α-hetero) is 1. The molecule has 1 aliphatic rings. The predicted octanol–water partition coefficient (Wildman–Crippen LogP) is 2.03. The summed E-state index contributed by atoms with van der Waals surface area (Å²) in [5.41, 5.74) is 0.592. The fourth-order valence-corrected chi connectivity index (χ4v) is 4.37. The summed E-state index contributed by atoms with van der Waals surface area (Å²) in [5.74, 6) is 0.333. The quantitative estimate of drug-likeness (QED) is 0.798.